The van der Waals surface area contributed by atoms with Gasteiger partial charge in [-0.05, 0) is 33.6 Å². The van der Waals surface area contributed by atoms with E-state index in [4.69, 9.17) is 4.84 Å². The zero-order chi connectivity index (χ0) is 11.7. The molecule has 0 aliphatic carbocycles. The molecule has 0 unspecified atom stereocenters. The Hall–Kier alpha value is -0.620. The van der Waals surface area contributed by atoms with E-state index in [1.807, 2.05) is 13.8 Å². The molecule has 0 amide bonds. The quantitative estimate of drug-likeness (QED) is 0.278. The Morgan fingerprint density at radius 3 is 2.47 bits per heavy atom. The Kier molecular flexibility index (Phi) is 7.33. The highest BCUT2D eigenvalue weighted by Crippen LogP contribution is 1.99. The maximum Gasteiger partial charge on any atom is 0.267 e. The van der Waals surface area contributed by atoms with Gasteiger partial charge in [-0.1, -0.05) is 5.16 Å². The second-order valence-corrected chi connectivity index (χ2v) is 5.01. The second-order valence-electron chi connectivity index (χ2n) is 3.25. The van der Waals surface area contributed by atoms with Crippen molar-refractivity contribution in [3.8, 4) is 0 Å². The zero-order valence-electron chi connectivity index (χ0n) is 9.52. The predicted octanol–water partition coefficient (Wildman–Crippen LogP) is 1.55. The van der Waals surface area contributed by atoms with Crippen LogP contribution < -0.4 is 0 Å². The molecule has 0 fully saturated rings. The van der Waals surface area contributed by atoms with Crippen LogP contribution in [0.15, 0.2) is 5.16 Å². The van der Waals surface area contributed by atoms with Crippen molar-refractivity contribution in [1.29, 1.82) is 0 Å². The largest absolute Gasteiger partial charge is 0.396 e. The Labute approximate surface area is 91.6 Å². The third-order valence-corrected chi connectivity index (χ3v) is 2.81. The van der Waals surface area contributed by atoms with Crippen molar-refractivity contribution in [2.75, 3.05) is 19.0 Å². The van der Waals surface area contributed by atoms with Crippen molar-refractivity contribution in [2.24, 2.45) is 5.16 Å². The molecule has 0 heterocycles. The Bertz CT molecular complexity index is 280. The van der Waals surface area contributed by atoms with Gasteiger partial charge in [0.2, 0.25) is 0 Å². The molecule has 90 valence electrons. The van der Waals surface area contributed by atoms with E-state index in [9.17, 15) is 8.42 Å². The minimum absolute atomic E-state index is 0.0407. The fraction of sp³-hybridized carbons (Fsp3) is 0.889. The number of hydrogen-bond donors (Lipinski definition) is 0. The molecule has 5 nitrogen and oxygen atoms in total. The van der Waals surface area contributed by atoms with Gasteiger partial charge in [0.15, 0.2) is 0 Å². The van der Waals surface area contributed by atoms with Gasteiger partial charge in [0.05, 0.1) is 18.1 Å². The fourth-order valence-corrected chi connectivity index (χ4v) is 1.89. The Balaban J connectivity index is 3.51. The lowest BCUT2D eigenvalue weighted by Crippen LogP contribution is -2.10. The van der Waals surface area contributed by atoms with Gasteiger partial charge in [-0.25, -0.2) is 0 Å². The van der Waals surface area contributed by atoms with Crippen molar-refractivity contribution in [3.05, 3.63) is 0 Å². The first-order valence-corrected chi connectivity index (χ1v) is 6.56. The van der Waals surface area contributed by atoms with Gasteiger partial charge in [-0.15, -0.1) is 0 Å². The van der Waals surface area contributed by atoms with E-state index in [1.165, 1.54) is 0 Å². The maximum atomic E-state index is 11.1. The molecule has 0 spiro atoms. The predicted molar refractivity (Wildman–Crippen MR) is 59.4 cm³/mol. The minimum atomic E-state index is -3.33. The van der Waals surface area contributed by atoms with Crippen LogP contribution in [0.25, 0.3) is 0 Å². The molecule has 0 saturated heterocycles. The summed E-state index contributed by atoms with van der Waals surface area (Å²) in [5, 5.41) is 3.73. The van der Waals surface area contributed by atoms with Crippen LogP contribution in [0.3, 0.4) is 0 Å². The van der Waals surface area contributed by atoms with E-state index < -0.39 is 10.1 Å². The SMILES string of the molecule is CCOS(=O)(=O)CCCCON=C(C)C. The van der Waals surface area contributed by atoms with Crippen LogP contribution in [-0.4, -0.2) is 33.1 Å². The van der Waals surface area contributed by atoms with Gasteiger partial charge in [-0.2, -0.15) is 8.42 Å². The number of nitrogens with zero attached hydrogens (tertiary/aromatic N) is 1. The Morgan fingerprint density at radius 1 is 1.27 bits per heavy atom. The zero-order valence-corrected chi connectivity index (χ0v) is 10.3. The normalized spacial score (nSPS) is 11.1. The first kappa shape index (κ1) is 14.4. The molecule has 0 atom stereocenters. The molecule has 0 aromatic carbocycles. The molecule has 15 heavy (non-hydrogen) atoms. The molecule has 6 heteroatoms. The van der Waals surface area contributed by atoms with Gasteiger partial charge in [-0.3, -0.25) is 4.18 Å². The molecular weight excluding hydrogens is 218 g/mol. The third-order valence-electron chi connectivity index (χ3n) is 1.42. The smallest absolute Gasteiger partial charge is 0.267 e. The summed E-state index contributed by atoms with van der Waals surface area (Å²) in [6.45, 7) is 5.95. The van der Waals surface area contributed by atoms with Gasteiger partial charge < -0.3 is 4.84 Å². The summed E-state index contributed by atoms with van der Waals surface area (Å²) < 4.78 is 26.7. The first-order valence-electron chi connectivity index (χ1n) is 4.98. The molecule has 0 N–H and O–H groups in total. The van der Waals surface area contributed by atoms with Gasteiger partial charge in [0.25, 0.3) is 10.1 Å². The lowest BCUT2D eigenvalue weighted by Gasteiger charge is -2.02. The van der Waals surface area contributed by atoms with Crippen LogP contribution in [0.1, 0.15) is 33.6 Å². The lowest BCUT2D eigenvalue weighted by molar-refractivity contribution is 0.141. The van der Waals surface area contributed by atoms with Gasteiger partial charge in [0, 0.05) is 0 Å². The summed E-state index contributed by atoms with van der Waals surface area (Å²) in [4.78, 5) is 4.92. The van der Waals surface area contributed by atoms with Crippen LogP contribution in [0.5, 0.6) is 0 Å². The minimum Gasteiger partial charge on any atom is -0.396 e. The molecule has 0 aromatic heterocycles. The first-order chi connectivity index (χ1) is 6.98. The molecule has 0 aliphatic heterocycles. The van der Waals surface area contributed by atoms with E-state index in [-0.39, 0.29) is 12.4 Å². The average molecular weight is 237 g/mol. The Morgan fingerprint density at radius 2 is 1.93 bits per heavy atom. The van der Waals surface area contributed by atoms with Gasteiger partial charge in [0.1, 0.15) is 6.61 Å². The highest BCUT2D eigenvalue weighted by Gasteiger charge is 2.08. The van der Waals surface area contributed by atoms with E-state index in [0.717, 1.165) is 5.71 Å². The number of rotatable bonds is 8. The number of oxime groups is 1. The van der Waals surface area contributed by atoms with Crippen molar-refractivity contribution < 1.29 is 17.4 Å². The van der Waals surface area contributed by atoms with E-state index in [0.29, 0.717) is 19.4 Å². The maximum absolute atomic E-state index is 11.1. The van der Waals surface area contributed by atoms with Gasteiger partial charge >= 0.3 is 0 Å². The van der Waals surface area contributed by atoms with Crippen LogP contribution in [-0.2, 0) is 19.1 Å². The molecule has 0 aromatic rings. The second kappa shape index (κ2) is 7.64. The van der Waals surface area contributed by atoms with Crippen molar-refractivity contribution in [1.82, 2.24) is 0 Å². The topological polar surface area (TPSA) is 65.0 Å². The highest BCUT2D eigenvalue weighted by molar-refractivity contribution is 7.86. The number of hydrogen-bond acceptors (Lipinski definition) is 5. The average Bonchev–Trinajstić information content (AvgIpc) is 2.10. The summed E-state index contributed by atoms with van der Waals surface area (Å²) in [7, 11) is -3.33. The van der Waals surface area contributed by atoms with E-state index in [1.54, 1.807) is 6.92 Å². The summed E-state index contributed by atoms with van der Waals surface area (Å²) in [6.07, 6.45) is 1.18. The van der Waals surface area contributed by atoms with Crippen LogP contribution in [0.4, 0.5) is 0 Å². The number of unbranched alkanes of at least 4 members (excludes halogenated alkanes) is 1. The fourth-order valence-electron chi connectivity index (χ4n) is 0.859. The van der Waals surface area contributed by atoms with Crippen LogP contribution in [0.2, 0.25) is 0 Å². The van der Waals surface area contributed by atoms with Crippen LogP contribution in [0, 0.1) is 0 Å². The molecule has 0 aliphatic rings. The summed E-state index contributed by atoms with van der Waals surface area (Å²) in [5.74, 6) is 0.0407. The molecule has 0 rings (SSSR count). The molecule has 0 bridgehead atoms. The van der Waals surface area contributed by atoms with Crippen molar-refractivity contribution >= 4 is 15.8 Å². The molecular formula is C9H19NO4S. The van der Waals surface area contributed by atoms with E-state index in [2.05, 4.69) is 9.34 Å². The monoisotopic (exact) mass is 237 g/mol. The third kappa shape index (κ3) is 9.68. The van der Waals surface area contributed by atoms with Crippen LogP contribution >= 0.6 is 0 Å². The van der Waals surface area contributed by atoms with Crippen molar-refractivity contribution in [2.45, 2.75) is 33.6 Å². The summed E-state index contributed by atoms with van der Waals surface area (Å²) in [6, 6.07) is 0. The highest BCUT2D eigenvalue weighted by atomic mass is 32.2. The summed E-state index contributed by atoms with van der Waals surface area (Å²) in [5.41, 5.74) is 0.844. The van der Waals surface area contributed by atoms with E-state index >= 15 is 0 Å². The lowest BCUT2D eigenvalue weighted by atomic mass is 10.4. The standard InChI is InChI=1S/C9H19NO4S/c1-4-14-15(11,12)8-6-5-7-13-10-9(2)3/h4-8H2,1-3H3. The van der Waals surface area contributed by atoms with Crippen molar-refractivity contribution in [3.63, 3.8) is 0 Å². The summed E-state index contributed by atoms with van der Waals surface area (Å²) >= 11 is 0. The molecule has 0 radical (unpaired) electrons. The molecule has 0 saturated carbocycles.